The van der Waals surface area contributed by atoms with Crippen LogP contribution in [0.25, 0.3) is 0 Å². The predicted octanol–water partition coefficient (Wildman–Crippen LogP) is 1.23. The first-order valence-electron chi connectivity index (χ1n) is 6.61. The van der Waals surface area contributed by atoms with Crippen LogP contribution in [-0.4, -0.2) is 44.4 Å². The van der Waals surface area contributed by atoms with Crippen LogP contribution in [0.2, 0.25) is 0 Å². The molecule has 0 fully saturated rings. The molecule has 0 spiro atoms. The molecule has 0 aromatic rings. The van der Waals surface area contributed by atoms with E-state index in [0.717, 1.165) is 0 Å². The summed E-state index contributed by atoms with van der Waals surface area (Å²) in [5.74, 6) is -3.12. The first-order chi connectivity index (χ1) is 9.82. The van der Waals surface area contributed by atoms with E-state index in [1.54, 1.807) is 0 Å². The van der Waals surface area contributed by atoms with Crippen LogP contribution < -0.4 is 0 Å². The van der Waals surface area contributed by atoms with Crippen molar-refractivity contribution < 1.29 is 31.2 Å². The summed E-state index contributed by atoms with van der Waals surface area (Å²) < 4.78 is 19.7. The zero-order chi connectivity index (χ0) is 16.5. The van der Waals surface area contributed by atoms with Gasteiger partial charge in [0.05, 0.1) is 0 Å². The van der Waals surface area contributed by atoms with Crippen molar-refractivity contribution in [3.63, 3.8) is 0 Å². The Kier molecular flexibility index (Phi) is 9.01. The van der Waals surface area contributed by atoms with Crippen molar-refractivity contribution >= 4 is 44.4 Å². The monoisotopic (exact) mass is 413 g/mol. The first-order valence-corrected chi connectivity index (χ1v) is 10.8. The number of carbonyl (C=O) groups excluding carboxylic acids is 4. The molecule has 0 heterocycles. The van der Waals surface area contributed by atoms with Crippen molar-refractivity contribution in [2.75, 3.05) is 0 Å². The van der Waals surface area contributed by atoms with Gasteiger partial charge in [0.2, 0.25) is 0 Å². The van der Waals surface area contributed by atoms with Gasteiger partial charge in [-0.2, -0.15) is 0 Å². The zero-order valence-electron chi connectivity index (χ0n) is 12.5. The Morgan fingerprint density at radius 1 is 0.571 bits per heavy atom. The van der Waals surface area contributed by atoms with E-state index in [4.69, 9.17) is 12.1 Å². The Balaban J connectivity index is 5.43. The van der Waals surface area contributed by atoms with E-state index in [2.05, 4.69) is 0 Å². The summed E-state index contributed by atoms with van der Waals surface area (Å²) in [5.41, 5.74) is 0. The Bertz CT molecular complexity index is 329. The van der Waals surface area contributed by atoms with Crippen molar-refractivity contribution in [1.29, 1.82) is 0 Å². The second kappa shape index (κ2) is 9.60. The van der Waals surface area contributed by atoms with E-state index in [0.29, 0.717) is 0 Å². The summed E-state index contributed by atoms with van der Waals surface area (Å²) in [6.45, 7) is 6.01. The third kappa shape index (κ3) is 7.31. The average molecular weight is 414 g/mol. The minimum absolute atomic E-state index is 0.0484. The van der Waals surface area contributed by atoms with Crippen LogP contribution in [0.3, 0.4) is 0 Å². The molecule has 8 nitrogen and oxygen atoms in total. The Labute approximate surface area is 129 Å². The minimum atomic E-state index is -5.29. The van der Waals surface area contributed by atoms with Gasteiger partial charge in [-0.05, 0) is 0 Å². The van der Waals surface area contributed by atoms with E-state index in [1.807, 2.05) is 0 Å². The molecule has 0 N–H and O–H groups in total. The molecule has 0 atom stereocenters. The standard InChI is InChI=1S/4C3H6O2.Sb/c4*1-2-3(4)5;/h4*2H2,1H3,(H,4,5);/q;;;;+4/p-4. The maximum absolute atomic E-state index is 11.5. The van der Waals surface area contributed by atoms with Gasteiger partial charge >= 0.3 is 129 Å². The summed E-state index contributed by atoms with van der Waals surface area (Å²) in [6.07, 6.45) is -0.194. The fraction of sp³-hybridized carbons (Fsp3) is 0.667. The third-order valence-electron chi connectivity index (χ3n) is 2.01. The van der Waals surface area contributed by atoms with Crippen LogP contribution in [-0.2, 0) is 31.2 Å². The van der Waals surface area contributed by atoms with Gasteiger partial charge in [0, 0.05) is 0 Å². The molecule has 121 valence electrons. The van der Waals surface area contributed by atoms with E-state index in [-0.39, 0.29) is 25.7 Å². The number of rotatable bonds is 8. The molecule has 0 amide bonds. The predicted molar refractivity (Wildman–Crippen MR) is 71.3 cm³/mol. The molecule has 1 radical (unpaired) electrons. The van der Waals surface area contributed by atoms with Crippen molar-refractivity contribution in [2.45, 2.75) is 53.4 Å². The number of carbonyl (C=O) groups is 4. The molecular weight excluding hydrogens is 394 g/mol. The van der Waals surface area contributed by atoms with E-state index in [1.165, 1.54) is 27.7 Å². The van der Waals surface area contributed by atoms with E-state index >= 15 is 0 Å². The first kappa shape index (κ1) is 19.7. The van der Waals surface area contributed by atoms with Gasteiger partial charge in [0.15, 0.2) is 0 Å². The summed E-state index contributed by atoms with van der Waals surface area (Å²) in [7, 11) is 0. The molecule has 9 heteroatoms. The molecule has 0 rings (SSSR count). The molecule has 0 aliphatic heterocycles. The molecule has 0 saturated carbocycles. The number of hydrogen-bond acceptors (Lipinski definition) is 8. The summed E-state index contributed by atoms with van der Waals surface area (Å²) >= 11 is -5.29. The van der Waals surface area contributed by atoms with Gasteiger partial charge < -0.3 is 0 Å². The van der Waals surface area contributed by atoms with Gasteiger partial charge in [-0.15, -0.1) is 0 Å². The molecule has 0 aliphatic rings. The van der Waals surface area contributed by atoms with Crippen molar-refractivity contribution in [2.24, 2.45) is 0 Å². The van der Waals surface area contributed by atoms with Crippen molar-refractivity contribution in [1.82, 2.24) is 0 Å². The summed E-state index contributed by atoms with van der Waals surface area (Å²) in [4.78, 5) is 46.0. The molecule has 0 aromatic carbocycles. The molecular formula is C12H20O8Sb. The molecule has 0 saturated heterocycles. The summed E-state index contributed by atoms with van der Waals surface area (Å²) in [5, 5.41) is 0. The van der Waals surface area contributed by atoms with Crippen LogP contribution in [0.1, 0.15) is 53.4 Å². The second-order valence-corrected chi connectivity index (χ2v) is 8.35. The normalized spacial score (nSPS) is 10.5. The van der Waals surface area contributed by atoms with E-state index < -0.39 is 44.4 Å². The van der Waals surface area contributed by atoms with Crippen LogP contribution in [0.4, 0.5) is 0 Å². The van der Waals surface area contributed by atoms with Gasteiger partial charge in [0.1, 0.15) is 0 Å². The third-order valence-corrected chi connectivity index (χ3v) is 6.89. The SMILES string of the molecule is CCC(=O)[O][Sb]([O]C(=O)CC)([O]C(=O)CC)[O]C(=O)CC. The topological polar surface area (TPSA) is 105 Å². The quantitative estimate of drug-likeness (QED) is 0.547. The molecule has 0 aromatic heterocycles. The number of hydrogen-bond donors (Lipinski definition) is 0. The Hall–Kier alpha value is -1.30. The molecule has 0 bridgehead atoms. The van der Waals surface area contributed by atoms with Crippen LogP contribution in [0, 0.1) is 0 Å². The zero-order valence-corrected chi connectivity index (χ0v) is 15.1. The van der Waals surface area contributed by atoms with Gasteiger partial charge in [-0.25, -0.2) is 0 Å². The van der Waals surface area contributed by atoms with Crippen LogP contribution >= 0.6 is 0 Å². The fourth-order valence-corrected chi connectivity index (χ4v) is 5.83. The second-order valence-electron chi connectivity index (χ2n) is 3.71. The fourth-order valence-electron chi connectivity index (χ4n) is 0.869. The Morgan fingerprint density at radius 3 is 0.905 bits per heavy atom. The van der Waals surface area contributed by atoms with Gasteiger partial charge in [-0.3, -0.25) is 0 Å². The van der Waals surface area contributed by atoms with Gasteiger partial charge in [-0.1, -0.05) is 0 Å². The molecule has 0 aliphatic carbocycles. The Morgan fingerprint density at radius 2 is 0.762 bits per heavy atom. The van der Waals surface area contributed by atoms with Crippen LogP contribution in [0.15, 0.2) is 0 Å². The van der Waals surface area contributed by atoms with Gasteiger partial charge in [0.25, 0.3) is 0 Å². The summed E-state index contributed by atoms with van der Waals surface area (Å²) in [6, 6.07) is 0. The molecule has 21 heavy (non-hydrogen) atoms. The van der Waals surface area contributed by atoms with Crippen molar-refractivity contribution in [3.8, 4) is 0 Å². The average Bonchev–Trinajstić information content (AvgIpc) is 2.46. The van der Waals surface area contributed by atoms with E-state index in [9.17, 15) is 19.2 Å². The maximum atomic E-state index is 11.5. The van der Waals surface area contributed by atoms with Crippen molar-refractivity contribution in [3.05, 3.63) is 0 Å². The van der Waals surface area contributed by atoms with Crippen LogP contribution in [0.5, 0.6) is 0 Å². The molecule has 0 unspecified atom stereocenters.